The van der Waals surface area contributed by atoms with Gasteiger partial charge in [-0.3, -0.25) is 5.10 Å². The number of guanidine groups is 1. The smallest absolute Gasteiger partial charge is 0.231 e. The molecule has 1 aromatic heterocycles. The highest BCUT2D eigenvalue weighted by Crippen LogP contribution is 2.32. The summed E-state index contributed by atoms with van der Waals surface area (Å²) in [6, 6.07) is 13.6. The number of hydrogen-bond donors (Lipinski definition) is 3. The second kappa shape index (κ2) is 9.84. The minimum atomic E-state index is 0.288. The maximum absolute atomic E-state index is 5.44. The number of methoxy groups -OCH3 is 1. The van der Waals surface area contributed by atoms with Crippen LogP contribution in [0.4, 0.5) is 0 Å². The van der Waals surface area contributed by atoms with Gasteiger partial charge in [0.05, 0.1) is 7.11 Å². The zero-order valence-electron chi connectivity index (χ0n) is 17.6. The lowest BCUT2D eigenvalue weighted by molar-refractivity contribution is 0.174. The maximum atomic E-state index is 5.44. The number of H-pyrrole nitrogens is 1. The Morgan fingerprint density at radius 2 is 1.97 bits per heavy atom. The Morgan fingerprint density at radius 1 is 1.13 bits per heavy atom. The number of hydrogen-bond acceptors (Lipinski definition) is 6. The predicted molar refractivity (Wildman–Crippen MR) is 117 cm³/mol. The monoisotopic (exact) mass is 422 g/mol. The van der Waals surface area contributed by atoms with Crippen LogP contribution in [0.2, 0.25) is 0 Å². The first kappa shape index (κ1) is 20.5. The molecule has 0 saturated heterocycles. The van der Waals surface area contributed by atoms with Crippen LogP contribution in [0.1, 0.15) is 18.3 Å². The number of ether oxygens (including phenoxy) is 3. The molecule has 0 radical (unpaired) electrons. The summed E-state index contributed by atoms with van der Waals surface area (Å²) in [6.07, 6.45) is 0.838. The van der Waals surface area contributed by atoms with Crippen molar-refractivity contribution in [2.75, 3.05) is 27.0 Å². The standard InChI is InChI=1S/C22H26N6O3/c1-3-23-22(24-11-10-15-4-9-18-19(12-15)31-14-30-18)25-13-20-26-21(28-27-20)16-5-7-17(29-2)8-6-16/h4-9,12H,3,10-11,13-14H2,1-2H3,(H2,23,24,25)(H,26,27,28). The summed E-state index contributed by atoms with van der Waals surface area (Å²) in [5.74, 6) is 4.45. The molecule has 9 nitrogen and oxygen atoms in total. The molecule has 2 heterocycles. The molecular formula is C22H26N6O3. The van der Waals surface area contributed by atoms with Crippen LogP contribution in [0.3, 0.4) is 0 Å². The van der Waals surface area contributed by atoms with Crippen molar-refractivity contribution in [2.24, 2.45) is 4.99 Å². The van der Waals surface area contributed by atoms with Crippen molar-refractivity contribution < 1.29 is 14.2 Å². The molecule has 162 valence electrons. The number of nitrogens with zero attached hydrogens (tertiary/aromatic N) is 3. The van der Waals surface area contributed by atoms with E-state index in [1.165, 1.54) is 5.56 Å². The zero-order valence-corrected chi connectivity index (χ0v) is 17.6. The van der Waals surface area contributed by atoms with E-state index in [1.807, 2.05) is 43.3 Å². The van der Waals surface area contributed by atoms with Crippen LogP contribution >= 0.6 is 0 Å². The lowest BCUT2D eigenvalue weighted by atomic mass is 10.1. The van der Waals surface area contributed by atoms with E-state index in [1.54, 1.807) is 7.11 Å². The summed E-state index contributed by atoms with van der Waals surface area (Å²) in [7, 11) is 1.64. The summed E-state index contributed by atoms with van der Waals surface area (Å²) < 4.78 is 16.0. The second-order valence-electron chi connectivity index (χ2n) is 6.89. The number of aromatic nitrogens is 3. The van der Waals surface area contributed by atoms with E-state index >= 15 is 0 Å². The molecule has 2 aromatic carbocycles. The van der Waals surface area contributed by atoms with Crippen molar-refractivity contribution in [2.45, 2.75) is 19.9 Å². The van der Waals surface area contributed by atoms with Gasteiger partial charge in [0.2, 0.25) is 6.79 Å². The number of nitrogens with one attached hydrogen (secondary N) is 3. The zero-order chi connectivity index (χ0) is 21.5. The molecule has 1 aliphatic rings. The highest BCUT2D eigenvalue weighted by molar-refractivity contribution is 5.79. The van der Waals surface area contributed by atoms with Crippen LogP contribution in [0.25, 0.3) is 11.4 Å². The van der Waals surface area contributed by atoms with Crippen LogP contribution in [-0.4, -0.2) is 48.1 Å². The van der Waals surface area contributed by atoms with Crippen LogP contribution in [-0.2, 0) is 13.0 Å². The maximum Gasteiger partial charge on any atom is 0.231 e. The Morgan fingerprint density at radius 3 is 2.77 bits per heavy atom. The largest absolute Gasteiger partial charge is 0.497 e. The summed E-state index contributed by atoms with van der Waals surface area (Å²) in [4.78, 5) is 9.14. The van der Waals surface area contributed by atoms with E-state index in [2.05, 4.69) is 36.9 Å². The Labute approximate surface area is 180 Å². The van der Waals surface area contributed by atoms with Crippen LogP contribution in [0.15, 0.2) is 47.5 Å². The SMILES string of the molecule is CCNC(=NCc1nc(-c2ccc(OC)cc2)n[nH]1)NCCc1ccc2c(c1)OCO2. The van der Waals surface area contributed by atoms with Crippen LogP contribution in [0, 0.1) is 0 Å². The van der Waals surface area contributed by atoms with Gasteiger partial charge in [0.15, 0.2) is 23.3 Å². The van der Waals surface area contributed by atoms with Gasteiger partial charge in [-0.15, -0.1) is 0 Å². The third-order valence-corrected chi connectivity index (χ3v) is 4.75. The average Bonchev–Trinajstić information content (AvgIpc) is 3.47. The predicted octanol–water partition coefficient (Wildman–Crippen LogP) is 2.51. The number of aromatic amines is 1. The lowest BCUT2D eigenvalue weighted by Gasteiger charge is -2.11. The molecule has 0 bridgehead atoms. The number of fused-ring (bicyclic) bond motifs is 1. The van der Waals surface area contributed by atoms with E-state index in [4.69, 9.17) is 14.2 Å². The van der Waals surface area contributed by atoms with Crippen LogP contribution in [0.5, 0.6) is 17.2 Å². The molecular weight excluding hydrogens is 396 g/mol. The number of rotatable bonds is 8. The Kier molecular flexibility index (Phi) is 6.51. The summed E-state index contributed by atoms with van der Waals surface area (Å²) >= 11 is 0. The van der Waals surface area contributed by atoms with Gasteiger partial charge in [0.25, 0.3) is 0 Å². The van der Waals surface area contributed by atoms with Gasteiger partial charge in [-0.1, -0.05) is 6.07 Å². The fourth-order valence-electron chi connectivity index (χ4n) is 3.15. The first-order chi connectivity index (χ1) is 15.2. The minimum absolute atomic E-state index is 0.288. The molecule has 31 heavy (non-hydrogen) atoms. The molecule has 3 N–H and O–H groups in total. The van der Waals surface area contributed by atoms with Crippen molar-refractivity contribution in [1.82, 2.24) is 25.8 Å². The van der Waals surface area contributed by atoms with Gasteiger partial charge in [-0.25, -0.2) is 9.98 Å². The topological polar surface area (TPSA) is 106 Å². The van der Waals surface area contributed by atoms with Gasteiger partial charge < -0.3 is 24.8 Å². The van der Waals surface area contributed by atoms with Gasteiger partial charge in [-0.05, 0) is 55.3 Å². The van der Waals surface area contributed by atoms with Crippen molar-refractivity contribution in [3.8, 4) is 28.6 Å². The van der Waals surface area contributed by atoms with Crippen LogP contribution < -0.4 is 24.8 Å². The fraction of sp³-hybridized carbons (Fsp3) is 0.318. The molecule has 0 aliphatic carbocycles. The second-order valence-corrected chi connectivity index (χ2v) is 6.89. The summed E-state index contributed by atoms with van der Waals surface area (Å²) in [6.45, 7) is 4.21. The van der Waals surface area contributed by atoms with E-state index in [0.717, 1.165) is 48.3 Å². The quantitative estimate of drug-likeness (QED) is 0.378. The third-order valence-electron chi connectivity index (χ3n) is 4.75. The van der Waals surface area contributed by atoms with Gasteiger partial charge in [-0.2, -0.15) is 5.10 Å². The van der Waals surface area contributed by atoms with E-state index < -0.39 is 0 Å². The molecule has 0 spiro atoms. The average molecular weight is 422 g/mol. The Balaban J connectivity index is 1.32. The van der Waals surface area contributed by atoms with E-state index in [0.29, 0.717) is 18.2 Å². The third kappa shape index (κ3) is 5.25. The highest BCUT2D eigenvalue weighted by atomic mass is 16.7. The molecule has 4 rings (SSSR count). The van der Waals surface area contributed by atoms with Gasteiger partial charge in [0, 0.05) is 18.7 Å². The van der Waals surface area contributed by atoms with Crippen molar-refractivity contribution in [3.05, 3.63) is 53.9 Å². The fourth-order valence-corrected chi connectivity index (χ4v) is 3.15. The normalized spacial score (nSPS) is 12.6. The molecule has 0 amide bonds. The van der Waals surface area contributed by atoms with Crippen molar-refractivity contribution in [3.63, 3.8) is 0 Å². The lowest BCUT2D eigenvalue weighted by Crippen LogP contribution is -2.38. The van der Waals surface area contributed by atoms with E-state index in [-0.39, 0.29) is 6.79 Å². The van der Waals surface area contributed by atoms with Crippen molar-refractivity contribution >= 4 is 5.96 Å². The number of aliphatic imine (C=N–C) groups is 1. The molecule has 0 fully saturated rings. The highest BCUT2D eigenvalue weighted by Gasteiger charge is 2.13. The minimum Gasteiger partial charge on any atom is -0.497 e. The summed E-state index contributed by atoms with van der Waals surface area (Å²) in [5.41, 5.74) is 2.09. The van der Waals surface area contributed by atoms with Gasteiger partial charge in [0.1, 0.15) is 18.1 Å². The molecule has 0 atom stereocenters. The Bertz CT molecular complexity index is 1030. The molecule has 1 aliphatic heterocycles. The molecule has 3 aromatic rings. The van der Waals surface area contributed by atoms with E-state index in [9.17, 15) is 0 Å². The first-order valence-electron chi connectivity index (χ1n) is 10.2. The molecule has 0 unspecified atom stereocenters. The molecule has 9 heteroatoms. The van der Waals surface area contributed by atoms with Crippen molar-refractivity contribution in [1.29, 1.82) is 0 Å². The first-order valence-corrected chi connectivity index (χ1v) is 10.2. The van der Waals surface area contributed by atoms with Gasteiger partial charge >= 0.3 is 0 Å². The number of benzene rings is 2. The Hall–Kier alpha value is -3.75. The summed E-state index contributed by atoms with van der Waals surface area (Å²) in [5, 5.41) is 13.8. The molecule has 0 saturated carbocycles.